The molecule has 0 radical (unpaired) electrons. The lowest BCUT2D eigenvalue weighted by molar-refractivity contribution is 0.102. The Morgan fingerprint density at radius 2 is 2.20 bits per heavy atom. The van der Waals surface area contributed by atoms with Crippen molar-refractivity contribution in [1.29, 1.82) is 0 Å². The number of anilines is 1. The number of H-pyrrole nitrogens is 1. The van der Waals surface area contributed by atoms with Gasteiger partial charge in [0.05, 0.1) is 11.4 Å². The first-order valence-electron chi connectivity index (χ1n) is 5.84. The highest BCUT2D eigenvalue weighted by Gasteiger charge is 2.13. The van der Waals surface area contributed by atoms with Crippen molar-refractivity contribution in [3.8, 4) is 0 Å². The number of rotatable bonds is 4. The van der Waals surface area contributed by atoms with E-state index in [4.69, 9.17) is 0 Å². The lowest BCUT2D eigenvalue weighted by Crippen LogP contribution is -2.20. The number of aromatic nitrogens is 3. The van der Waals surface area contributed by atoms with Crippen LogP contribution in [-0.2, 0) is 5.75 Å². The van der Waals surface area contributed by atoms with Crippen LogP contribution in [0.1, 0.15) is 26.9 Å². The molecule has 0 spiro atoms. The molecular formula is C12H14N4O2S2. The molecule has 2 N–H and O–H groups in total. The normalized spacial score (nSPS) is 10.6. The van der Waals surface area contributed by atoms with Gasteiger partial charge in [0.25, 0.3) is 11.5 Å². The molecule has 0 aliphatic rings. The molecule has 0 saturated heterocycles. The Bertz CT molecular complexity index is 674. The van der Waals surface area contributed by atoms with E-state index in [0.29, 0.717) is 16.7 Å². The lowest BCUT2D eigenvalue weighted by Gasteiger charge is -2.03. The molecule has 8 heteroatoms. The van der Waals surface area contributed by atoms with Crippen molar-refractivity contribution >= 4 is 34.1 Å². The lowest BCUT2D eigenvalue weighted by atomic mass is 10.4. The summed E-state index contributed by atoms with van der Waals surface area (Å²) in [4.78, 5) is 35.6. The fraction of sp³-hybridized carbons (Fsp3) is 0.333. The van der Waals surface area contributed by atoms with Crippen LogP contribution in [0.5, 0.6) is 0 Å². The number of amides is 1. The summed E-state index contributed by atoms with van der Waals surface area (Å²) in [6.07, 6.45) is 1.90. The molecule has 0 unspecified atom stereocenters. The van der Waals surface area contributed by atoms with E-state index >= 15 is 0 Å². The van der Waals surface area contributed by atoms with Crippen LogP contribution in [0.15, 0.2) is 10.9 Å². The van der Waals surface area contributed by atoms with Crippen LogP contribution < -0.4 is 10.9 Å². The van der Waals surface area contributed by atoms with Gasteiger partial charge in [-0.15, -0.1) is 11.3 Å². The molecule has 0 saturated carbocycles. The Labute approximate surface area is 124 Å². The Balaban J connectivity index is 2.22. The second kappa shape index (κ2) is 6.19. The molecule has 0 aliphatic carbocycles. The van der Waals surface area contributed by atoms with Crippen molar-refractivity contribution in [2.45, 2.75) is 19.6 Å². The molecule has 2 heterocycles. The predicted molar refractivity (Wildman–Crippen MR) is 81.6 cm³/mol. The zero-order valence-electron chi connectivity index (χ0n) is 11.3. The van der Waals surface area contributed by atoms with E-state index in [1.807, 2.05) is 20.1 Å². The van der Waals surface area contributed by atoms with E-state index in [9.17, 15) is 9.59 Å². The van der Waals surface area contributed by atoms with Crippen LogP contribution in [0, 0.1) is 13.8 Å². The van der Waals surface area contributed by atoms with Crippen LogP contribution in [0.25, 0.3) is 0 Å². The third-order valence-corrected chi connectivity index (χ3v) is 4.10. The second-order valence-corrected chi connectivity index (χ2v) is 6.19. The summed E-state index contributed by atoms with van der Waals surface area (Å²) < 4.78 is 0. The molecule has 20 heavy (non-hydrogen) atoms. The smallest absolute Gasteiger partial charge is 0.276 e. The summed E-state index contributed by atoms with van der Waals surface area (Å²) in [5, 5.41) is 3.18. The highest BCUT2D eigenvalue weighted by molar-refractivity contribution is 7.97. The van der Waals surface area contributed by atoms with E-state index in [-0.39, 0.29) is 11.3 Å². The molecule has 0 atom stereocenters. The summed E-state index contributed by atoms with van der Waals surface area (Å²) in [7, 11) is 0. The van der Waals surface area contributed by atoms with Gasteiger partial charge in [0.2, 0.25) is 0 Å². The van der Waals surface area contributed by atoms with Crippen molar-refractivity contribution in [2.75, 3.05) is 11.6 Å². The zero-order valence-corrected chi connectivity index (χ0v) is 12.9. The first kappa shape index (κ1) is 14.7. The summed E-state index contributed by atoms with van der Waals surface area (Å²) in [6.45, 7) is 3.81. The largest absolute Gasteiger partial charge is 0.310 e. The topological polar surface area (TPSA) is 87.7 Å². The van der Waals surface area contributed by atoms with Crippen molar-refractivity contribution in [3.05, 3.63) is 38.5 Å². The molecule has 1 amide bonds. The summed E-state index contributed by atoms with van der Waals surface area (Å²) in [5.41, 5.74) is 0.649. The molecule has 2 rings (SSSR count). The number of carbonyl (C=O) groups excluding carboxylic acids is 1. The van der Waals surface area contributed by atoms with Crippen LogP contribution in [0.2, 0.25) is 0 Å². The van der Waals surface area contributed by atoms with Gasteiger partial charge >= 0.3 is 0 Å². The molecule has 2 aromatic heterocycles. The standard InChI is InChI=1S/C12H14N4O2S2/c1-6-7(2)20-12(13-6)16-11(18)8-4-10(17)15-9(14-8)5-19-3/h4H,5H2,1-3H3,(H,13,16,18)(H,14,15,17). The third kappa shape index (κ3) is 3.45. The molecule has 106 valence electrons. The first-order valence-corrected chi connectivity index (χ1v) is 8.05. The van der Waals surface area contributed by atoms with Gasteiger partial charge < -0.3 is 4.98 Å². The van der Waals surface area contributed by atoms with Crippen LogP contribution >= 0.6 is 23.1 Å². The minimum atomic E-state index is -0.424. The number of thiazole rings is 1. The number of hydrogen-bond acceptors (Lipinski definition) is 6. The summed E-state index contributed by atoms with van der Waals surface area (Å²) >= 11 is 2.91. The van der Waals surface area contributed by atoms with Gasteiger partial charge in [0.1, 0.15) is 11.5 Å². The SMILES string of the molecule is CSCc1nc(C(=O)Nc2nc(C)c(C)s2)cc(=O)[nH]1. The van der Waals surface area contributed by atoms with E-state index in [1.165, 1.54) is 29.2 Å². The fourth-order valence-corrected chi connectivity index (χ4v) is 2.74. The zero-order chi connectivity index (χ0) is 14.7. The number of hydrogen-bond donors (Lipinski definition) is 2. The second-order valence-electron chi connectivity index (χ2n) is 4.13. The van der Waals surface area contributed by atoms with E-state index in [2.05, 4.69) is 20.3 Å². The van der Waals surface area contributed by atoms with Crippen LogP contribution in [-0.4, -0.2) is 27.1 Å². The number of aromatic amines is 1. The Hall–Kier alpha value is -1.67. The van der Waals surface area contributed by atoms with E-state index < -0.39 is 5.91 Å². The fourth-order valence-electron chi connectivity index (χ4n) is 1.52. The van der Waals surface area contributed by atoms with Gasteiger partial charge in [-0.25, -0.2) is 9.97 Å². The Morgan fingerprint density at radius 3 is 2.80 bits per heavy atom. The van der Waals surface area contributed by atoms with Crippen molar-refractivity contribution < 1.29 is 4.79 Å². The molecule has 0 fully saturated rings. The summed E-state index contributed by atoms with van der Waals surface area (Å²) in [6, 6.07) is 1.19. The maximum Gasteiger partial charge on any atom is 0.276 e. The minimum Gasteiger partial charge on any atom is -0.310 e. The Kier molecular flexibility index (Phi) is 4.56. The number of carbonyl (C=O) groups is 1. The molecule has 0 aromatic carbocycles. The maximum atomic E-state index is 12.1. The van der Waals surface area contributed by atoms with Crippen molar-refractivity contribution in [3.63, 3.8) is 0 Å². The van der Waals surface area contributed by atoms with Crippen molar-refractivity contribution in [1.82, 2.24) is 15.0 Å². The molecule has 6 nitrogen and oxygen atoms in total. The average molecular weight is 310 g/mol. The van der Waals surface area contributed by atoms with Gasteiger partial charge in [-0.1, -0.05) is 0 Å². The average Bonchev–Trinajstić information content (AvgIpc) is 2.68. The van der Waals surface area contributed by atoms with Gasteiger partial charge in [0.15, 0.2) is 5.13 Å². The van der Waals surface area contributed by atoms with Crippen LogP contribution in [0.3, 0.4) is 0 Å². The molecule has 0 aliphatic heterocycles. The van der Waals surface area contributed by atoms with Crippen molar-refractivity contribution in [2.24, 2.45) is 0 Å². The van der Waals surface area contributed by atoms with E-state index in [0.717, 1.165) is 10.6 Å². The predicted octanol–water partition coefficient (Wildman–Crippen LogP) is 1.96. The maximum absolute atomic E-state index is 12.1. The Morgan fingerprint density at radius 1 is 1.45 bits per heavy atom. The first-order chi connectivity index (χ1) is 9.49. The number of nitrogens with zero attached hydrogens (tertiary/aromatic N) is 2. The van der Waals surface area contributed by atoms with Gasteiger partial charge in [-0.2, -0.15) is 11.8 Å². The molecule has 2 aromatic rings. The van der Waals surface area contributed by atoms with Crippen LogP contribution in [0.4, 0.5) is 5.13 Å². The third-order valence-electron chi connectivity index (χ3n) is 2.55. The minimum absolute atomic E-state index is 0.100. The molecular weight excluding hydrogens is 296 g/mol. The highest BCUT2D eigenvalue weighted by atomic mass is 32.2. The number of nitrogens with one attached hydrogen (secondary N) is 2. The van der Waals surface area contributed by atoms with Gasteiger partial charge in [0, 0.05) is 10.9 Å². The van der Waals surface area contributed by atoms with E-state index in [1.54, 1.807) is 0 Å². The van der Waals surface area contributed by atoms with Gasteiger partial charge in [-0.05, 0) is 20.1 Å². The highest BCUT2D eigenvalue weighted by Crippen LogP contribution is 2.21. The quantitative estimate of drug-likeness (QED) is 0.901. The number of thioether (sulfide) groups is 1. The van der Waals surface area contributed by atoms with Gasteiger partial charge in [-0.3, -0.25) is 14.9 Å². The monoisotopic (exact) mass is 310 g/mol. The molecule has 0 bridgehead atoms. The number of aryl methyl sites for hydroxylation is 2. The summed E-state index contributed by atoms with van der Waals surface area (Å²) in [5.74, 6) is 0.611.